The van der Waals surface area contributed by atoms with Gasteiger partial charge in [-0.25, -0.2) is 0 Å². The van der Waals surface area contributed by atoms with E-state index in [0.29, 0.717) is 0 Å². The molecule has 0 radical (unpaired) electrons. The molecule has 60 valence electrons. The molecule has 5 unspecified atom stereocenters. The van der Waals surface area contributed by atoms with Gasteiger partial charge in [0.1, 0.15) is 0 Å². The number of fused-ring (bicyclic) bond motifs is 5. The van der Waals surface area contributed by atoms with Crippen LogP contribution in [-0.4, -0.2) is 12.1 Å². The van der Waals surface area contributed by atoms with Crippen LogP contribution in [0.3, 0.4) is 0 Å². The fourth-order valence-corrected chi connectivity index (χ4v) is 3.35. The molecule has 1 heteroatoms. The second-order valence-electron chi connectivity index (χ2n) is 4.57. The third kappa shape index (κ3) is 0.652. The molecule has 0 aromatic carbocycles. The van der Waals surface area contributed by atoms with Gasteiger partial charge in [-0.15, -0.1) is 0 Å². The summed E-state index contributed by atoms with van der Waals surface area (Å²) in [7, 11) is 0. The van der Waals surface area contributed by atoms with Crippen molar-refractivity contribution in [3.63, 3.8) is 0 Å². The van der Waals surface area contributed by atoms with E-state index in [4.69, 9.17) is 0 Å². The number of hydrogen-bond donors (Lipinski definition) is 1. The van der Waals surface area contributed by atoms with Gasteiger partial charge >= 0.3 is 0 Å². The van der Waals surface area contributed by atoms with Crippen LogP contribution in [0.25, 0.3) is 0 Å². The minimum Gasteiger partial charge on any atom is -0.308 e. The molecule has 5 atom stereocenters. The molecule has 3 rings (SSSR count). The first kappa shape index (κ1) is 6.24. The highest BCUT2D eigenvalue weighted by Gasteiger charge is 2.60. The molecular formula is C10H15N. The van der Waals surface area contributed by atoms with Gasteiger partial charge in [0.15, 0.2) is 0 Å². The lowest BCUT2D eigenvalue weighted by Crippen LogP contribution is -2.18. The Labute approximate surface area is 67.9 Å². The minimum atomic E-state index is 0.858. The molecule has 1 nitrogen and oxygen atoms in total. The van der Waals surface area contributed by atoms with Crippen LogP contribution < -0.4 is 5.32 Å². The summed E-state index contributed by atoms with van der Waals surface area (Å²) >= 11 is 0. The minimum absolute atomic E-state index is 0.858. The van der Waals surface area contributed by atoms with Crippen LogP contribution in [0.4, 0.5) is 0 Å². The van der Waals surface area contributed by atoms with E-state index in [-0.39, 0.29) is 0 Å². The van der Waals surface area contributed by atoms with Crippen LogP contribution >= 0.6 is 0 Å². The van der Waals surface area contributed by atoms with Crippen molar-refractivity contribution in [2.75, 3.05) is 0 Å². The highest BCUT2D eigenvalue weighted by molar-refractivity contribution is 5.22. The Kier molecular flexibility index (Phi) is 0.972. The van der Waals surface area contributed by atoms with Crippen molar-refractivity contribution in [3.05, 3.63) is 12.2 Å². The van der Waals surface area contributed by atoms with Crippen LogP contribution in [0.15, 0.2) is 12.2 Å². The van der Waals surface area contributed by atoms with E-state index >= 15 is 0 Å². The van der Waals surface area contributed by atoms with Crippen molar-refractivity contribution in [3.8, 4) is 0 Å². The standard InChI is InChI=1S/C10H15N/c1-5(2)7-3-6-4-8(7)10-9(6)11-10/h6-11H,1,3-4H2,2H3. The molecule has 1 heterocycles. The van der Waals surface area contributed by atoms with Gasteiger partial charge in [0.05, 0.1) is 0 Å². The predicted octanol–water partition coefficient (Wildman–Crippen LogP) is 1.56. The van der Waals surface area contributed by atoms with E-state index in [1.54, 1.807) is 0 Å². The summed E-state index contributed by atoms with van der Waals surface area (Å²) in [4.78, 5) is 0. The van der Waals surface area contributed by atoms with E-state index in [9.17, 15) is 0 Å². The second-order valence-corrected chi connectivity index (χ2v) is 4.57. The molecule has 2 bridgehead atoms. The molecule has 3 aliphatic rings. The zero-order valence-corrected chi connectivity index (χ0v) is 7.01. The smallest absolute Gasteiger partial charge is 0.0261 e. The predicted molar refractivity (Wildman–Crippen MR) is 45.2 cm³/mol. The maximum atomic E-state index is 4.08. The Bertz CT molecular complexity index is 221. The Morgan fingerprint density at radius 2 is 2.18 bits per heavy atom. The number of nitrogens with one attached hydrogen (secondary N) is 1. The summed E-state index contributed by atoms with van der Waals surface area (Å²) in [6, 6.07) is 1.83. The largest absolute Gasteiger partial charge is 0.308 e. The summed E-state index contributed by atoms with van der Waals surface area (Å²) in [6.45, 7) is 6.28. The first-order valence-corrected chi connectivity index (χ1v) is 4.69. The van der Waals surface area contributed by atoms with Crippen molar-refractivity contribution in [1.29, 1.82) is 0 Å². The molecule has 1 N–H and O–H groups in total. The highest BCUT2D eigenvalue weighted by Crippen LogP contribution is 2.56. The lowest BCUT2D eigenvalue weighted by Gasteiger charge is -2.19. The van der Waals surface area contributed by atoms with Crippen LogP contribution in [0, 0.1) is 17.8 Å². The maximum Gasteiger partial charge on any atom is 0.0261 e. The van der Waals surface area contributed by atoms with E-state index in [1.807, 2.05) is 0 Å². The van der Waals surface area contributed by atoms with Crippen LogP contribution in [0.5, 0.6) is 0 Å². The summed E-state index contributed by atoms with van der Waals surface area (Å²) in [5.41, 5.74) is 1.42. The van der Waals surface area contributed by atoms with Gasteiger partial charge in [-0.05, 0) is 37.5 Å². The van der Waals surface area contributed by atoms with Gasteiger partial charge in [-0.1, -0.05) is 12.2 Å². The maximum absolute atomic E-state index is 4.08. The lowest BCUT2D eigenvalue weighted by atomic mass is 9.84. The van der Waals surface area contributed by atoms with Gasteiger partial charge < -0.3 is 5.32 Å². The molecule has 0 amide bonds. The Hall–Kier alpha value is -0.300. The van der Waals surface area contributed by atoms with Crippen molar-refractivity contribution >= 4 is 0 Å². The normalized spacial score (nSPS) is 57.7. The van der Waals surface area contributed by atoms with Crippen LogP contribution in [-0.2, 0) is 0 Å². The SMILES string of the molecule is C=C(C)C1CC2CC1C1NC21. The summed E-state index contributed by atoms with van der Waals surface area (Å²) < 4.78 is 0. The van der Waals surface area contributed by atoms with E-state index in [1.165, 1.54) is 18.4 Å². The van der Waals surface area contributed by atoms with E-state index in [2.05, 4.69) is 18.8 Å². The molecule has 2 aliphatic carbocycles. The second kappa shape index (κ2) is 1.71. The first-order chi connectivity index (χ1) is 5.27. The number of allylic oxidation sites excluding steroid dienone is 1. The molecule has 1 saturated heterocycles. The zero-order valence-electron chi connectivity index (χ0n) is 7.01. The fraction of sp³-hybridized carbons (Fsp3) is 0.800. The fourth-order valence-electron chi connectivity index (χ4n) is 3.35. The monoisotopic (exact) mass is 149 g/mol. The Morgan fingerprint density at radius 1 is 1.36 bits per heavy atom. The summed E-state index contributed by atoms with van der Waals surface area (Å²) in [5.74, 6) is 2.82. The molecule has 1 aliphatic heterocycles. The van der Waals surface area contributed by atoms with E-state index in [0.717, 1.165) is 29.8 Å². The van der Waals surface area contributed by atoms with Gasteiger partial charge in [0.25, 0.3) is 0 Å². The molecular weight excluding hydrogens is 134 g/mol. The van der Waals surface area contributed by atoms with E-state index < -0.39 is 0 Å². The molecule has 11 heavy (non-hydrogen) atoms. The summed E-state index contributed by atoms with van der Waals surface area (Å²) in [6.07, 6.45) is 2.91. The van der Waals surface area contributed by atoms with Crippen molar-refractivity contribution in [1.82, 2.24) is 5.32 Å². The van der Waals surface area contributed by atoms with Gasteiger partial charge in [0, 0.05) is 12.1 Å². The zero-order chi connectivity index (χ0) is 7.59. The lowest BCUT2D eigenvalue weighted by molar-refractivity contribution is 0.419. The summed E-state index contributed by atoms with van der Waals surface area (Å²) in [5, 5.41) is 3.57. The van der Waals surface area contributed by atoms with Gasteiger partial charge in [-0.2, -0.15) is 0 Å². The third-order valence-electron chi connectivity index (χ3n) is 3.91. The van der Waals surface area contributed by atoms with Crippen molar-refractivity contribution in [2.24, 2.45) is 17.8 Å². The quantitative estimate of drug-likeness (QED) is 0.443. The molecule has 0 aromatic rings. The van der Waals surface area contributed by atoms with Gasteiger partial charge in [-0.3, -0.25) is 0 Å². The first-order valence-electron chi connectivity index (χ1n) is 4.69. The molecule has 2 saturated carbocycles. The highest BCUT2D eigenvalue weighted by atomic mass is 15.2. The average Bonchev–Trinajstić information content (AvgIpc) is 2.57. The molecule has 0 spiro atoms. The third-order valence-corrected chi connectivity index (χ3v) is 3.91. The topological polar surface area (TPSA) is 21.9 Å². The Morgan fingerprint density at radius 3 is 2.73 bits per heavy atom. The average molecular weight is 149 g/mol. The van der Waals surface area contributed by atoms with Gasteiger partial charge in [0.2, 0.25) is 0 Å². The van der Waals surface area contributed by atoms with Crippen LogP contribution in [0.2, 0.25) is 0 Å². The molecule has 0 aromatic heterocycles. The number of hydrogen-bond acceptors (Lipinski definition) is 1. The number of rotatable bonds is 1. The Balaban J connectivity index is 1.87. The van der Waals surface area contributed by atoms with Crippen LogP contribution in [0.1, 0.15) is 19.8 Å². The van der Waals surface area contributed by atoms with Crippen molar-refractivity contribution < 1.29 is 0 Å². The van der Waals surface area contributed by atoms with Crippen molar-refractivity contribution in [2.45, 2.75) is 31.8 Å². The molecule has 3 fully saturated rings. The number of piperidine rings is 1.